The first kappa shape index (κ1) is 11.5. The predicted octanol–water partition coefficient (Wildman–Crippen LogP) is 1.48. The second kappa shape index (κ2) is 4.88. The number of methoxy groups -OCH3 is 2. The Morgan fingerprint density at radius 1 is 1.18 bits per heavy atom. The molecule has 0 amide bonds. The molecule has 1 atom stereocenters. The second-order valence-corrected chi connectivity index (χ2v) is 3.60. The van der Waals surface area contributed by atoms with E-state index < -0.39 is 0 Å². The van der Waals surface area contributed by atoms with Crippen LogP contribution in [0.25, 0.3) is 0 Å². The highest BCUT2D eigenvalue weighted by atomic mass is 16.5. The molecule has 2 rings (SSSR count). The van der Waals surface area contributed by atoms with Crippen LogP contribution >= 0.6 is 0 Å². The van der Waals surface area contributed by atoms with Crippen LogP contribution in [0, 0.1) is 0 Å². The molecule has 1 unspecified atom stereocenters. The topological polar surface area (TPSA) is 73.2 Å². The fraction of sp³-hybridized carbons (Fsp3) is 0.250. The molecule has 0 spiro atoms. The summed E-state index contributed by atoms with van der Waals surface area (Å²) >= 11 is 0. The molecule has 3 N–H and O–H groups in total. The molecule has 90 valence electrons. The van der Waals surface area contributed by atoms with Gasteiger partial charge in [0.1, 0.15) is 0 Å². The predicted molar refractivity (Wildman–Crippen MR) is 64.2 cm³/mol. The van der Waals surface area contributed by atoms with Crippen LogP contribution in [-0.4, -0.2) is 24.4 Å². The molecule has 0 bridgehead atoms. The van der Waals surface area contributed by atoms with E-state index in [2.05, 4.69) is 10.2 Å². The van der Waals surface area contributed by atoms with Gasteiger partial charge < -0.3 is 15.2 Å². The first-order chi connectivity index (χ1) is 8.26. The molecular weight excluding hydrogens is 218 g/mol. The summed E-state index contributed by atoms with van der Waals surface area (Å²) in [5.74, 6) is 1.35. The van der Waals surface area contributed by atoms with Gasteiger partial charge >= 0.3 is 0 Å². The number of hydrogen-bond acceptors (Lipinski definition) is 4. The average molecular weight is 233 g/mol. The molecule has 0 saturated heterocycles. The Morgan fingerprint density at radius 3 is 2.53 bits per heavy atom. The smallest absolute Gasteiger partial charge is 0.161 e. The average Bonchev–Trinajstić information content (AvgIpc) is 2.90. The number of aromatic amines is 1. The number of hydrogen-bond donors (Lipinski definition) is 2. The minimum Gasteiger partial charge on any atom is -0.493 e. The fourth-order valence-electron chi connectivity index (χ4n) is 1.67. The second-order valence-electron chi connectivity index (χ2n) is 3.60. The van der Waals surface area contributed by atoms with Gasteiger partial charge in [0.2, 0.25) is 0 Å². The van der Waals surface area contributed by atoms with Crippen LogP contribution in [-0.2, 0) is 0 Å². The Bertz CT molecular complexity index is 483. The Morgan fingerprint density at radius 2 is 1.94 bits per heavy atom. The minimum absolute atomic E-state index is 0.252. The summed E-state index contributed by atoms with van der Waals surface area (Å²) in [5, 5.41) is 6.74. The maximum Gasteiger partial charge on any atom is 0.161 e. The van der Waals surface area contributed by atoms with E-state index in [0.29, 0.717) is 11.5 Å². The zero-order chi connectivity index (χ0) is 12.3. The van der Waals surface area contributed by atoms with Gasteiger partial charge in [0, 0.05) is 6.20 Å². The van der Waals surface area contributed by atoms with Gasteiger partial charge in [-0.3, -0.25) is 5.10 Å². The molecule has 0 radical (unpaired) electrons. The Labute approximate surface area is 99.5 Å². The van der Waals surface area contributed by atoms with Crippen molar-refractivity contribution in [3.8, 4) is 11.5 Å². The molecule has 2 aromatic rings. The van der Waals surface area contributed by atoms with E-state index in [0.717, 1.165) is 11.3 Å². The van der Waals surface area contributed by atoms with Crippen molar-refractivity contribution in [2.45, 2.75) is 6.04 Å². The highest BCUT2D eigenvalue weighted by Gasteiger charge is 2.13. The normalized spacial score (nSPS) is 12.2. The van der Waals surface area contributed by atoms with Gasteiger partial charge in [0.05, 0.1) is 26.0 Å². The number of aromatic nitrogens is 2. The highest BCUT2D eigenvalue weighted by molar-refractivity contribution is 5.45. The molecule has 0 aliphatic heterocycles. The van der Waals surface area contributed by atoms with Crippen molar-refractivity contribution in [2.24, 2.45) is 5.73 Å². The molecule has 0 fully saturated rings. The van der Waals surface area contributed by atoms with Gasteiger partial charge in [-0.05, 0) is 23.8 Å². The number of benzene rings is 1. The molecule has 0 saturated carbocycles. The lowest BCUT2D eigenvalue weighted by Gasteiger charge is -2.13. The summed E-state index contributed by atoms with van der Waals surface area (Å²) < 4.78 is 10.4. The third kappa shape index (κ3) is 2.24. The van der Waals surface area contributed by atoms with Crippen LogP contribution < -0.4 is 15.2 Å². The summed E-state index contributed by atoms with van der Waals surface area (Å²) in [4.78, 5) is 0. The molecule has 0 aliphatic rings. The van der Waals surface area contributed by atoms with E-state index >= 15 is 0 Å². The number of H-pyrrole nitrogens is 1. The molecule has 5 heteroatoms. The minimum atomic E-state index is -0.252. The zero-order valence-corrected chi connectivity index (χ0v) is 9.81. The molecule has 0 aliphatic carbocycles. The maximum atomic E-state index is 6.11. The van der Waals surface area contributed by atoms with Crippen LogP contribution in [0.3, 0.4) is 0 Å². The molecule has 1 aromatic heterocycles. The SMILES string of the molecule is COc1ccc(C(N)c2ccn[nH]2)cc1OC. The maximum absolute atomic E-state index is 6.11. The summed E-state index contributed by atoms with van der Waals surface area (Å²) in [6.07, 6.45) is 1.68. The van der Waals surface area contributed by atoms with Crippen LogP contribution in [0.15, 0.2) is 30.5 Å². The number of ether oxygens (including phenoxy) is 2. The van der Waals surface area contributed by atoms with Crippen molar-refractivity contribution in [1.82, 2.24) is 10.2 Å². The van der Waals surface area contributed by atoms with E-state index in [9.17, 15) is 0 Å². The van der Waals surface area contributed by atoms with Crippen molar-refractivity contribution in [2.75, 3.05) is 14.2 Å². The number of nitrogens with one attached hydrogen (secondary N) is 1. The van der Waals surface area contributed by atoms with Gasteiger partial charge in [-0.15, -0.1) is 0 Å². The van der Waals surface area contributed by atoms with Crippen LogP contribution in [0.2, 0.25) is 0 Å². The van der Waals surface area contributed by atoms with E-state index in [1.54, 1.807) is 20.4 Å². The standard InChI is InChI=1S/C12H15N3O2/c1-16-10-4-3-8(7-11(10)17-2)12(13)9-5-6-14-15-9/h3-7,12H,13H2,1-2H3,(H,14,15). The number of nitrogens with two attached hydrogens (primary N) is 1. The first-order valence-corrected chi connectivity index (χ1v) is 5.23. The van der Waals surface area contributed by atoms with Crippen molar-refractivity contribution in [3.63, 3.8) is 0 Å². The summed E-state index contributed by atoms with van der Waals surface area (Å²) in [7, 11) is 3.20. The van der Waals surface area contributed by atoms with Crippen molar-refractivity contribution < 1.29 is 9.47 Å². The molecule has 17 heavy (non-hydrogen) atoms. The fourth-order valence-corrected chi connectivity index (χ4v) is 1.67. The lowest BCUT2D eigenvalue weighted by atomic mass is 10.0. The van der Waals surface area contributed by atoms with Crippen molar-refractivity contribution in [3.05, 3.63) is 41.7 Å². The largest absolute Gasteiger partial charge is 0.493 e. The third-order valence-electron chi connectivity index (χ3n) is 2.62. The lowest BCUT2D eigenvalue weighted by molar-refractivity contribution is 0.354. The van der Waals surface area contributed by atoms with E-state index in [-0.39, 0.29) is 6.04 Å². The summed E-state index contributed by atoms with van der Waals surface area (Å²) in [5.41, 5.74) is 7.90. The Hall–Kier alpha value is -2.01. The monoisotopic (exact) mass is 233 g/mol. The third-order valence-corrected chi connectivity index (χ3v) is 2.62. The van der Waals surface area contributed by atoms with E-state index in [4.69, 9.17) is 15.2 Å². The Balaban J connectivity index is 2.33. The van der Waals surface area contributed by atoms with Gasteiger partial charge in [-0.25, -0.2) is 0 Å². The van der Waals surface area contributed by atoms with E-state index in [1.165, 1.54) is 0 Å². The van der Waals surface area contributed by atoms with Crippen molar-refractivity contribution in [1.29, 1.82) is 0 Å². The van der Waals surface area contributed by atoms with Gasteiger partial charge in [-0.2, -0.15) is 5.10 Å². The zero-order valence-electron chi connectivity index (χ0n) is 9.81. The quantitative estimate of drug-likeness (QED) is 0.838. The highest BCUT2D eigenvalue weighted by Crippen LogP contribution is 2.30. The Kier molecular flexibility index (Phi) is 3.30. The van der Waals surface area contributed by atoms with Gasteiger partial charge in [0.25, 0.3) is 0 Å². The molecule has 1 heterocycles. The lowest BCUT2D eigenvalue weighted by Crippen LogP contribution is -2.12. The van der Waals surface area contributed by atoms with Crippen molar-refractivity contribution >= 4 is 0 Å². The van der Waals surface area contributed by atoms with E-state index in [1.807, 2.05) is 24.3 Å². The van der Waals surface area contributed by atoms with Gasteiger partial charge in [-0.1, -0.05) is 6.07 Å². The molecular formula is C12H15N3O2. The van der Waals surface area contributed by atoms with Gasteiger partial charge in [0.15, 0.2) is 11.5 Å². The number of rotatable bonds is 4. The molecule has 5 nitrogen and oxygen atoms in total. The first-order valence-electron chi connectivity index (χ1n) is 5.23. The molecule has 1 aromatic carbocycles. The van der Waals surface area contributed by atoms with Crippen LogP contribution in [0.4, 0.5) is 0 Å². The summed E-state index contributed by atoms with van der Waals surface area (Å²) in [6.45, 7) is 0. The van der Waals surface area contributed by atoms with Crippen LogP contribution in [0.1, 0.15) is 17.3 Å². The number of nitrogens with zero attached hydrogens (tertiary/aromatic N) is 1. The summed E-state index contributed by atoms with van der Waals surface area (Å²) in [6, 6.07) is 7.21. The van der Waals surface area contributed by atoms with Crippen LogP contribution in [0.5, 0.6) is 11.5 Å².